The van der Waals surface area contributed by atoms with E-state index in [4.69, 9.17) is 0 Å². The lowest BCUT2D eigenvalue weighted by Gasteiger charge is -2.08. The number of hydrogen-bond acceptors (Lipinski definition) is 2. The molecule has 0 amide bonds. The number of aromatic nitrogens is 2. The molecule has 2 aromatic carbocycles. The van der Waals surface area contributed by atoms with Crippen LogP contribution in [0, 0.1) is 6.07 Å². The van der Waals surface area contributed by atoms with Crippen molar-refractivity contribution in [3.05, 3.63) is 72.4 Å². The van der Waals surface area contributed by atoms with E-state index in [0.29, 0.717) is 0 Å². The van der Waals surface area contributed by atoms with E-state index in [1.165, 1.54) is 5.56 Å². The first-order valence-electron chi connectivity index (χ1n) is 6.09. The van der Waals surface area contributed by atoms with Crippen LogP contribution in [0.25, 0.3) is 11.3 Å². The monoisotopic (exact) mass is 249 g/mol. The maximum absolute atomic E-state index is 9.33. The molecule has 0 aliphatic carbocycles. The van der Waals surface area contributed by atoms with Crippen molar-refractivity contribution in [3.63, 3.8) is 0 Å². The second-order valence-electron chi connectivity index (χ2n) is 4.33. The summed E-state index contributed by atoms with van der Waals surface area (Å²) in [4.78, 5) is 0. The SMILES string of the molecule is Oc1ccc(-c2ccnn2Cc2cc[c]cc2)cc1. The molecule has 0 atom stereocenters. The van der Waals surface area contributed by atoms with Crippen molar-refractivity contribution in [3.8, 4) is 17.0 Å². The molecule has 3 nitrogen and oxygen atoms in total. The summed E-state index contributed by atoms with van der Waals surface area (Å²) in [5, 5.41) is 13.7. The molecule has 3 aromatic rings. The molecular formula is C16H13N2O. The molecule has 1 aromatic heterocycles. The zero-order chi connectivity index (χ0) is 13.1. The average Bonchev–Trinajstić information content (AvgIpc) is 2.89. The van der Waals surface area contributed by atoms with Crippen molar-refractivity contribution in [1.82, 2.24) is 9.78 Å². The van der Waals surface area contributed by atoms with Gasteiger partial charge in [0.1, 0.15) is 5.75 Å². The second kappa shape index (κ2) is 4.98. The highest BCUT2D eigenvalue weighted by atomic mass is 16.3. The highest BCUT2D eigenvalue weighted by Crippen LogP contribution is 2.22. The van der Waals surface area contributed by atoms with Crippen molar-refractivity contribution >= 4 is 0 Å². The van der Waals surface area contributed by atoms with Gasteiger partial charge in [-0.2, -0.15) is 5.10 Å². The number of hydrogen-bond donors (Lipinski definition) is 1. The quantitative estimate of drug-likeness (QED) is 0.774. The van der Waals surface area contributed by atoms with E-state index in [9.17, 15) is 5.11 Å². The third kappa shape index (κ3) is 2.50. The van der Waals surface area contributed by atoms with Crippen LogP contribution in [-0.2, 0) is 6.54 Å². The molecule has 19 heavy (non-hydrogen) atoms. The minimum atomic E-state index is 0.272. The first-order valence-corrected chi connectivity index (χ1v) is 6.09. The van der Waals surface area contributed by atoms with Gasteiger partial charge in [0.2, 0.25) is 0 Å². The van der Waals surface area contributed by atoms with Gasteiger partial charge in [-0.25, -0.2) is 0 Å². The molecule has 3 heteroatoms. The molecule has 93 valence electrons. The van der Waals surface area contributed by atoms with E-state index in [1.54, 1.807) is 18.3 Å². The van der Waals surface area contributed by atoms with Crippen molar-refractivity contribution in [2.24, 2.45) is 0 Å². The van der Waals surface area contributed by atoms with Gasteiger partial charge >= 0.3 is 0 Å². The van der Waals surface area contributed by atoms with E-state index in [2.05, 4.69) is 11.2 Å². The van der Waals surface area contributed by atoms with Gasteiger partial charge in [0.05, 0.1) is 12.2 Å². The van der Waals surface area contributed by atoms with Gasteiger partial charge in [-0.3, -0.25) is 4.68 Å². The summed E-state index contributed by atoms with van der Waals surface area (Å²) in [6.07, 6.45) is 1.79. The van der Waals surface area contributed by atoms with Crippen LogP contribution in [0.15, 0.2) is 60.8 Å². The molecule has 1 heterocycles. The second-order valence-corrected chi connectivity index (χ2v) is 4.33. The van der Waals surface area contributed by atoms with Gasteiger partial charge in [0.15, 0.2) is 0 Å². The lowest BCUT2D eigenvalue weighted by atomic mass is 10.1. The highest BCUT2D eigenvalue weighted by molar-refractivity contribution is 5.60. The van der Waals surface area contributed by atoms with Crippen LogP contribution < -0.4 is 0 Å². The fourth-order valence-electron chi connectivity index (χ4n) is 2.04. The van der Waals surface area contributed by atoms with E-state index in [0.717, 1.165) is 17.8 Å². The van der Waals surface area contributed by atoms with E-state index in [1.807, 2.05) is 47.1 Å². The first kappa shape index (κ1) is 11.5. The number of phenolic OH excluding ortho intramolecular Hbond substituents is 1. The number of rotatable bonds is 3. The Balaban J connectivity index is 1.92. The maximum Gasteiger partial charge on any atom is 0.115 e. The minimum absolute atomic E-state index is 0.272. The predicted molar refractivity (Wildman–Crippen MR) is 73.7 cm³/mol. The lowest BCUT2D eigenvalue weighted by Crippen LogP contribution is -2.03. The Kier molecular flexibility index (Phi) is 3.02. The van der Waals surface area contributed by atoms with Gasteiger partial charge in [0.25, 0.3) is 0 Å². The summed E-state index contributed by atoms with van der Waals surface area (Å²) in [5.74, 6) is 0.272. The van der Waals surface area contributed by atoms with E-state index < -0.39 is 0 Å². The minimum Gasteiger partial charge on any atom is -0.508 e. The Labute approximate surface area is 111 Å². The Bertz CT molecular complexity index is 657. The normalized spacial score (nSPS) is 10.5. The molecule has 0 unspecified atom stereocenters. The summed E-state index contributed by atoms with van der Waals surface area (Å²) < 4.78 is 1.95. The predicted octanol–water partition coefficient (Wildman–Crippen LogP) is 3.10. The molecule has 0 aliphatic rings. The summed E-state index contributed by atoms with van der Waals surface area (Å²) in [6.45, 7) is 0.720. The molecule has 0 saturated carbocycles. The molecule has 0 saturated heterocycles. The number of benzene rings is 2. The molecule has 3 rings (SSSR count). The first-order chi connectivity index (χ1) is 9.33. The number of phenols is 1. The van der Waals surface area contributed by atoms with Crippen molar-refractivity contribution < 1.29 is 5.11 Å². The largest absolute Gasteiger partial charge is 0.508 e. The highest BCUT2D eigenvalue weighted by Gasteiger charge is 2.05. The van der Waals surface area contributed by atoms with Crippen LogP contribution in [0.3, 0.4) is 0 Å². The van der Waals surface area contributed by atoms with Crippen molar-refractivity contribution in [2.45, 2.75) is 6.54 Å². The molecule has 1 radical (unpaired) electrons. The van der Waals surface area contributed by atoms with Gasteiger partial charge < -0.3 is 5.11 Å². The summed E-state index contributed by atoms with van der Waals surface area (Å²) in [7, 11) is 0. The Morgan fingerprint density at radius 3 is 2.47 bits per heavy atom. The third-order valence-corrected chi connectivity index (χ3v) is 3.00. The molecular weight excluding hydrogens is 236 g/mol. The van der Waals surface area contributed by atoms with Crippen molar-refractivity contribution in [1.29, 1.82) is 0 Å². The molecule has 1 N–H and O–H groups in total. The summed E-state index contributed by atoms with van der Waals surface area (Å²) in [5.41, 5.74) is 3.26. The average molecular weight is 249 g/mol. The van der Waals surface area contributed by atoms with Crippen LogP contribution in [-0.4, -0.2) is 14.9 Å². The van der Waals surface area contributed by atoms with Gasteiger partial charge in [-0.15, -0.1) is 0 Å². The fourth-order valence-corrected chi connectivity index (χ4v) is 2.04. The van der Waals surface area contributed by atoms with Gasteiger partial charge in [-0.05, 0) is 42.0 Å². The van der Waals surface area contributed by atoms with Crippen LogP contribution in [0.4, 0.5) is 0 Å². The van der Waals surface area contributed by atoms with Crippen molar-refractivity contribution in [2.75, 3.05) is 0 Å². The van der Waals surface area contributed by atoms with Gasteiger partial charge in [-0.1, -0.05) is 24.3 Å². The standard InChI is InChI=1S/C16H13N2O/c19-15-8-6-14(7-9-15)16-10-11-17-18(16)12-13-4-2-1-3-5-13/h2-11,19H,12H2. The fraction of sp³-hybridized carbons (Fsp3) is 0.0625. The van der Waals surface area contributed by atoms with Gasteiger partial charge in [0, 0.05) is 11.8 Å². The maximum atomic E-state index is 9.33. The molecule has 0 aliphatic heterocycles. The third-order valence-electron chi connectivity index (χ3n) is 3.00. The lowest BCUT2D eigenvalue weighted by molar-refractivity contribution is 0.475. The summed E-state index contributed by atoms with van der Waals surface area (Å²) >= 11 is 0. The van der Waals surface area contributed by atoms with Crippen LogP contribution >= 0.6 is 0 Å². The smallest absolute Gasteiger partial charge is 0.115 e. The Hall–Kier alpha value is -2.55. The van der Waals surface area contributed by atoms with E-state index >= 15 is 0 Å². The topological polar surface area (TPSA) is 38.1 Å². The molecule has 0 fully saturated rings. The Morgan fingerprint density at radius 1 is 1.00 bits per heavy atom. The molecule has 0 spiro atoms. The Morgan fingerprint density at radius 2 is 1.74 bits per heavy atom. The van der Waals surface area contributed by atoms with Crippen LogP contribution in [0.2, 0.25) is 0 Å². The summed E-state index contributed by atoms with van der Waals surface area (Å²) in [6, 6.07) is 20.0. The zero-order valence-corrected chi connectivity index (χ0v) is 10.3. The number of aromatic hydroxyl groups is 1. The number of nitrogens with zero attached hydrogens (tertiary/aromatic N) is 2. The molecule has 0 bridgehead atoms. The van der Waals surface area contributed by atoms with Crippen LogP contribution in [0.5, 0.6) is 5.75 Å². The zero-order valence-electron chi connectivity index (χ0n) is 10.3. The van der Waals surface area contributed by atoms with Crippen LogP contribution in [0.1, 0.15) is 5.56 Å². The van der Waals surface area contributed by atoms with E-state index in [-0.39, 0.29) is 5.75 Å².